The van der Waals surface area contributed by atoms with Gasteiger partial charge < -0.3 is 4.74 Å². The summed E-state index contributed by atoms with van der Waals surface area (Å²) in [5, 5.41) is 8.44. The van der Waals surface area contributed by atoms with Crippen LogP contribution in [0.5, 0.6) is 5.75 Å². The molecule has 0 fully saturated rings. The third-order valence-electron chi connectivity index (χ3n) is 2.19. The van der Waals surface area contributed by atoms with Crippen LogP contribution in [0.4, 0.5) is 5.13 Å². The van der Waals surface area contributed by atoms with E-state index in [-0.39, 0.29) is 10.0 Å². The minimum Gasteiger partial charge on any atom is -0.494 e. The number of anilines is 1. The lowest BCUT2D eigenvalue weighted by atomic mass is 10.3. The van der Waals surface area contributed by atoms with Gasteiger partial charge in [-0.2, -0.15) is 0 Å². The molecule has 0 aliphatic carbocycles. The number of sulfonamides is 1. The molecule has 2 aromatic rings. The SMILES string of the molecule is CCOc1ccc(S(=O)(=O)Nc2nnc(C)s2)cc1. The lowest BCUT2D eigenvalue weighted by Gasteiger charge is -2.06. The maximum atomic E-state index is 12.1. The van der Waals surface area contributed by atoms with E-state index in [1.54, 1.807) is 19.1 Å². The summed E-state index contributed by atoms with van der Waals surface area (Å²) >= 11 is 1.18. The van der Waals surface area contributed by atoms with Gasteiger partial charge in [0.2, 0.25) is 5.13 Å². The van der Waals surface area contributed by atoms with Crippen molar-refractivity contribution in [3.63, 3.8) is 0 Å². The van der Waals surface area contributed by atoms with Gasteiger partial charge >= 0.3 is 0 Å². The molecular formula is C11H13N3O3S2. The first-order valence-electron chi connectivity index (χ1n) is 5.57. The van der Waals surface area contributed by atoms with E-state index in [4.69, 9.17) is 4.74 Å². The number of hydrogen-bond donors (Lipinski definition) is 1. The highest BCUT2D eigenvalue weighted by molar-refractivity contribution is 7.93. The van der Waals surface area contributed by atoms with Crippen molar-refractivity contribution in [3.05, 3.63) is 29.3 Å². The molecule has 102 valence electrons. The largest absolute Gasteiger partial charge is 0.494 e. The summed E-state index contributed by atoms with van der Waals surface area (Å²) in [6.45, 7) is 4.16. The van der Waals surface area contributed by atoms with Crippen molar-refractivity contribution < 1.29 is 13.2 Å². The summed E-state index contributed by atoms with van der Waals surface area (Å²) in [6.07, 6.45) is 0. The second kappa shape index (κ2) is 5.54. The molecule has 0 amide bonds. The second-order valence-corrected chi connectivity index (χ2v) is 6.50. The average molecular weight is 299 g/mol. The van der Waals surface area contributed by atoms with Crippen molar-refractivity contribution in [2.45, 2.75) is 18.7 Å². The molecule has 0 aliphatic heterocycles. The molecule has 6 nitrogen and oxygen atoms in total. The molecule has 0 bridgehead atoms. The molecule has 0 spiro atoms. The van der Waals surface area contributed by atoms with Crippen LogP contribution >= 0.6 is 11.3 Å². The number of nitrogens with one attached hydrogen (secondary N) is 1. The van der Waals surface area contributed by atoms with E-state index in [2.05, 4.69) is 14.9 Å². The molecule has 1 aromatic heterocycles. The minimum absolute atomic E-state index is 0.156. The fourth-order valence-electron chi connectivity index (χ4n) is 1.39. The van der Waals surface area contributed by atoms with Crippen LogP contribution in [0.3, 0.4) is 0 Å². The van der Waals surface area contributed by atoms with E-state index in [0.29, 0.717) is 17.4 Å². The molecule has 1 aromatic carbocycles. The Morgan fingerprint density at radius 2 is 1.95 bits per heavy atom. The second-order valence-electron chi connectivity index (χ2n) is 3.64. The van der Waals surface area contributed by atoms with Crippen molar-refractivity contribution in [1.29, 1.82) is 0 Å². The third kappa shape index (κ3) is 3.42. The zero-order chi connectivity index (χ0) is 13.9. The molecule has 0 unspecified atom stereocenters. The van der Waals surface area contributed by atoms with Gasteiger partial charge in [0.15, 0.2) is 0 Å². The Labute approximate surface area is 115 Å². The Kier molecular flexibility index (Phi) is 4.01. The maximum absolute atomic E-state index is 12.1. The molecular weight excluding hydrogens is 286 g/mol. The van der Waals surface area contributed by atoms with E-state index in [1.807, 2.05) is 6.92 Å². The van der Waals surface area contributed by atoms with Crippen LogP contribution in [0.15, 0.2) is 29.2 Å². The highest BCUT2D eigenvalue weighted by Crippen LogP contribution is 2.21. The first-order chi connectivity index (χ1) is 9.01. The fraction of sp³-hybridized carbons (Fsp3) is 0.273. The Morgan fingerprint density at radius 3 is 2.47 bits per heavy atom. The van der Waals surface area contributed by atoms with Gasteiger partial charge in [0, 0.05) is 0 Å². The van der Waals surface area contributed by atoms with E-state index in [0.717, 1.165) is 0 Å². The van der Waals surface area contributed by atoms with Crippen molar-refractivity contribution >= 4 is 26.5 Å². The van der Waals surface area contributed by atoms with Gasteiger partial charge in [0.05, 0.1) is 11.5 Å². The summed E-state index contributed by atoms with van der Waals surface area (Å²) < 4.78 is 31.8. The molecule has 0 saturated heterocycles. The Bertz CT molecular complexity index is 650. The normalized spacial score (nSPS) is 11.3. The number of benzene rings is 1. The predicted octanol–water partition coefficient (Wildman–Crippen LogP) is 2.05. The fourth-order valence-corrected chi connectivity index (χ4v) is 3.22. The van der Waals surface area contributed by atoms with E-state index >= 15 is 0 Å². The number of nitrogens with zero attached hydrogens (tertiary/aromatic N) is 2. The molecule has 0 saturated carbocycles. The van der Waals surface area contributed by atoms with Gasteiger partial charge in [-0.15, -0.1) is 10.2 Å². The monoisotopic (exact) mass is 299 g/mol. The van der Waals surface area contributed by atoms with Gasteiger partial charge in [0.25, 0.3) is 10.0 Å². The van der Waals surface area contributed by atoms with Gasteiger partial charge in [-0.3, -0.25) is 4.72 Å². The van der Waals surface area contributed by atoms with Gasteiger partial charge in [0.1, 0.15) is 10.8 Å². The number of aryl methyl sites for hydroxylation is 1. The lowest BCUT2D eigenvalue weighted by Crippen LogP contribution is -2.12. The molecule has 1 heterocycles. The highest BCUT2D eigenvalue weighted by atomic mass is 32.2. The van der Waals surface area contributed by atoms with Gasteiger partial charge in [-0.1, -0.05) is 11.3 Å². The first-order valence-corrected chi connectivity index (χ1v) is 7.87. The number of rotatable bonds is 5. The standard InChI is InChI=1S/C11H13N3O3S2/c1-3-17-9-4-6-10(7-5-9)19(15,16)14-11-13-12-8(2)18-11/h4-7H,3H2,1-2H3,(H,13,14). The van der Waals surface area contributed by atoms with E-state index < -0.39 is 10.0 Å². The molecule has 1 N–H and O–H groups in total. The number of aromatic nitrogens is 2. The topological polar surface area (TPSA) is 81.2 Å². The third-order valence-corrected chi connectivity index (χ3v) is 4.43. The Hall–Kier alpha value is -1.67. The maximum Gasteiger partial charge on any atom is 0.263 e. The van der Waals surface area contributed by atoms with Gasteiger partial charge in [-0.05, 0) is 38.1 Å². The smallest absolute Gasteiger partial charge is 0.263 e. The lowest BCUT2D eigenvalue weighted by molar-refractivity contribution is 0.340. The van der Waals surface area contributed by atoms with Crippen molar-refractivity contribution in [2.24, 2.45) is 0 Å². The molecule has 0 radical (unpaired) electrons. The molecule has 0 aliphatic rings. The first kappa shape index (κ1) is 13.8. The summed E-state index contributed by atoms with van der Waals surface area (Å²) in [5.41, 5.74) is 0. The average Bonchev–Trinajstić information content (AvgIpc) is 2.75. The van der Waals surface area contributed by atoms with Crippen LogP contribution in [-0.4, -0.2) is 25.2 Å². The summed E-state index contributed by atoms with van der Waals surface area (Å²) in [6, 6.07) is 6.20. The molecule has 0 atom stereocenters. The zero-order valence-corrected chi connectivity index (χ0v) is 12.1. The number of hydrogen-bond acceptors (Lipinski definition) is 6. The zero-order valence-electron chi connectivity index (χ0n) is 10.5. The molecule has 8 heteroatoms. The predicted molar refractivity (Wildman–Crippen MR) is 73.1 cm³/mol. The van der Waals surface area contributed by atoms with Gasteiger partial charge in [-0.25, -0.2) is 8.42 Å². The van der Waals surface area contributed by atoms with E-state index in [9.17, 15) is 8.42 Å². The van der Waals surface area contributed by atoms with E-state index in [1.165, 1.54) is 23.5 Å². The Morgan fingerprint density at radius 1 is 1.26 bits per heavy atom. The highest BCUT2D eigenvalue weighted by Gasteiger charge is 2.16. The van der Waals surface area contributed by atoms with Crippen LogP contribution in [0, 0.1) is 6.92 Å². The Balaban J connectivity index is 2.19. The summed E-state index contributed by atoms with van der Waals surface area (Å²) in [7, 11) is -3.63. The van der Waals surface area contributed by atoms with Crippen LogP contribution in [0.25, 0.3) is 0 Å². The van der Waals surface area contributed by atoms with Crippen molar-refractivity contribution in [1.82, 2.24) is 10.2 Å². The van der Waals surface area contributed by atoms with Crippen molar-refractivity contribution in [3.8, 4) is 5.75 Å². The van der Waals surface area contributed by atoms with Crippen LogP contribution < -0.4 is 9.46 Å². The molecule has 19 heavy (non-hydrogen) atoms. The minimum atomic E-state index is -3.63. The summed E-state index contributed by atoms with van der Waals surface area (Å²) in [5.74, 6) is 0.633. The van der Waals surface area contributed by atoms with Crippen LogP contribution in [-0.2, 0) is 10.0 Å². The van der Waals surface area contributed by atoms with Crippen molar-refractivity contribution in [2.75, 3.05) is 11.3 Å². The number of ether oxygens (including phenoxy) is 1. The quantitative estimate of drug-likeness (QED) is 0.913. The molecule has 2 rings (SSSR count). The van der Waals surface area contributed by atoms with Crippen LogP contribution in [0.2, 0.25) is 0 Å². The van der Waals surface area contributed by atoms with Crippen LogP contribution in [0.1, 0.15) is 11.9 Å². The summed E-state index contributed by atoms with van der Waals surface area (Å²) in [4.78, 5) is 0.156.